The van der Waals surface area contributed by atoms with Crippen LogP contribution < -0.4 is 9.64 Å². The minimum atomic E-state index is -0.0127. The third-order valence-corrected chi connectivity index (χ3v) is 6.75. The quantitative estimate of drug-likeness (QED) is 0.343. The van der Waals surface area contributed by atoms with Crippen LogP contribution in [0.25, 0.3) is 10.2 Å². The van der Waals surface area contributed by atoms with Crippen molar-refractivity contribution < 1.29 is 9.53 Å². The van der Waals surface area contributed by atoms with Crippen LogP contribution in [0.5, 0.6) is 5.75 Å². The standard InChI is InChI=1S/C25H23ClN2O2S/c1-16-9-11-20(26)24-23(16)27-25(31-24)28(15-18-7-5-4-6-8-18)22(29)14-19-10-12-21(30-3)17(2)13-19/h4-13H,14-15H2,1-3H3. The monoisotopic (exact) mass is 450 g/mol. The van der Waals surface area contributed by atoms with Crippen LogP contribution >= 0.6 is 22.9 Å². The van der Waals surface area contributed by atoms with E-state index in [1.807, 2.05) is 74.5 Å². The highest BCUT2D eigenvalue weighted by molar-refractivity contribution is 7.23. The van der Waals surface area contributed by atoms with Crippen LogP contribution in [0.3, 0.4) is 0 Å². The number of amides is 1. The molecular weight excluding hydrogens is 428 g/mol. The topological polar surface area (TPSA) is 42.4 Å². The highest BCUT2D eigenvalue weighted by Crippen LogP contribution is 2.36. The second kappa shape index (κ2) is 9.08. The van der Waals surface area contributed by atoms with Gasteiger partial charge in [0.15, 0.2) is 5.13 Å². The first-order valence-electron chi connectivity index (χ1n) is 9.99. The number of ether oxygens (including phenoxy) is 1. The number of halogens is 1. The van der Waals surface area contributed by atoms with E-state index in [0.717, 1.165) is 38.2 Å². The second-order valence-electron chi connectivity index (χ2n) is 7.48. The predicted molar refractivity (Wildman–Crippen MR) is 128 cm³/mol. The molecule has 0 atom stereocenters. The van der Waals surface area contributed by atoms with Crippen LogP contribution in [0.2, 0.25) is 5.02 Å². The molecule has 31 heavy (non-hydrogen) atoms. The van der Waals surface area contributed by atoms with E-state index in [9.17, 15) is 4.79 Å². The molecule has 0 aliphatic carbocycles. The molecule has 1 heterocycles. The summed E-state index contributed by atoms with van der Waals surface area (Å²) >= 11 is 7.87. The minimum absolute atomic E-state index is 0.0127. The molecule has 0 saturated carbocycles. The van der Waals surface area contributed by atoms with E-state index >= 15 is 0 Å². The van der Waals surface area contributed by atoms with Crippen LogP contribution in [0, 0.1) is 13.8 Å². The van der Waals surface area contributed by atoms with Crippen LogP contribution in [0.1, 0.15) is 22.3 Å². The molecule has 1 amide bonds. The summed E-state index contributed by atoms with van der Waals surface area (Å²) in [6.07, 6.45) is 0.278. The fourth-order valence-electron chi connectivity index (χ4n) is 3.56. The number of hydrogen-bond donors (Lipinski definition) is 0. The van der Waals surface area contributed by atoms with Gasteiger partial charge in [0.05, 0.1) is 35.3 Å². The van der Waals surface area contributed by atoms with Gasteiger partial charge in [-0.15, -0.1) is 0 Å². The molecule has 0 aliphatic rings. The second-order valence-corrected chi connectivity index (χ2v) is 8.87. The number of nitrogens with zero attached hydrogens (tertiary/aromatic N) is 2. The van der Waals surface area contributed by atoms with Crippen molar-refractivity contribution in [3.63, 3.8) is 0 Å². The van der Waals surface area contributed by atoms with Gasteiger partial charge < -0.3 is 4.74 Å². The average Bonchev–Trinajstić information content (AvgIpc) is 3.22. The van der Waals surface area contributed by atoms with Crippen molar-refractivity contribution in [1.82, 2.24) is 4.98 Å². The third-order valence-electron chi connectivity index (χ3n) is 5.22. The summed E-state index contributed by atoms with van der Waals surface area (Å²) in [6, 6.07) is 19.6. The Morgan fingerprint density at radius 1 is 1.03 bits per heavy atom. The van der Waals surface area contributed by atoms with E-state index in [0.29, 0.717) is 16.7 Å². The lowest BCUT2D eigenvalue weighted by molar-refractivity contribution is -0.118. The predicted octanol–water partition coefficient (Wildman–Crippen LogP) is 6.35. The van der Waals surface area contributed by atoms with Crippen molar-refractivity contribution in [3.8, 4) is 5.75 Å². The van der Waals surface area contributed by atoms with E-state index in [-0.39, 0.29) is 12.3 Å². The Balaban J connectivity index is 1.70. The first-order valence-corrected chi connectivity index (χ1v) is 11.2. The maximum Gasteiger partial charge on any atom is 0.233 e. The Kier molecular flexibility index (Phi) is 6.25. The van der Waals surface area contributed by atoms with E-state index in [1.54, 1.807) is 12.0 Å². The van der Waals surface area contributed by atoms with Crippen LogP contribution in [-0.2, 0) is 17.8 Å². The molecule has 0 N–H and O–H groups in total. The summed E-state index contributed by atoms with van der Waals surface area (Å²) in [5, 5.41) is 1.31. The fourth-order valence-corrected chi connectivity index (χ4v) is 4.89. The number of methoxy groups -OCH3 is 1. The molecular formula is C25H23ClN2O2S. The molecule has 0 spiro atoms. The number of hydrogen-bond acceptors (Lipinski definition) is 4. The average molecular weight is 451 g/mol. The van der Waals surface area contributed by atoms with Crippen molar-refractivity contribution in [3.05, 3.63) is 87.9 Å². The zero-order valence-corrected chi connectivity index (χ0v) is 19.3. The van der Waals surface area contributed by atoms with Crippen molar-refractivity contribution in [2.24, 2.45) is 0 Å². The molecule has 4 rings (SSSR count). The number of anilines is 1. The first kappa shape index (κ1) is 21.3. The Labute approximate surface area is 191 Å². The van der Waals surface area contributed by atoms with Gasteiger partial charge >= 0.3 is 0 Å². The molecule has 0 fully saturated rings. The molecule has 4 aromatic rings. The maximum absolute atomic E-state index is 13.5. The highest BCUT2D eigenvalue weighted by atomic mass is 35.5. The minimum Gasteiger partial charge on any atom is -0.496 e. The number of benzene rings is 3. The highest BCUT2D eigenvalue weighted by Gasteiger charge is 2.22. The largest absolute Gasteiger partial charge is 0.496 e. The summed E-state index contributed by atoms with van der Waals surface area (Å²) in [6.45, 7) is 4.43. The number of aromatic nitrogens is 1. The van der Waals surface area contributed by atoms with E-state index < -0.39 is 0 Å². The molecule has 3 aromatic carbocycles. The normalized spacial score (nSPS) is 11.0. The van der Waals surface area contributed by atoms with E-state index in [2.05, 4.69) is 0 Å². The summed E-state index contributed by atoms with van der Waals surface area (Å²) in [4.78, 5) is 20.0. The molecule has 158 valence electrons. The smallest absolute Gasteiger partial charge is 0.233 e. The van der Waals surface area contributed by atoms with Crippen molar-refractivity contribution in [2.75, 3.05) is 12.0 Å². The Hall–Kier alpha value is -2.89. The van der Waals surface area contributed by atoms with Gasteiger partial charge in [-0.3, -0.25) is 9.69 Å². The zero-order valence-electron chi connectivity index (χ0n) is 17.7. The third kappa shape index (κ3) is 4.58. The van der Waals surface area contributed by atoms with E-state index in [4.69, 9.17) is 21.3 Å². The summed E-state index contributed by atoms with van der Waals surface area (Å²) in [5.41, 5.74) is 4.88. The van der Waals surface area contributed by atoms with Crippen molar-refractivity contribution in [2.45, 2.75) is 26.8 Å². The fraction of sp³-hybridized carbons (Fsp3) is 0.200. The molecule has 1 aromatic heterocycles. The van der Waals surface area contributed by atoms with Gasteiger partial charge in [-0.1, -0.05) is 71.5 Å². The summed E-state index contributed by atoms with van der Waals surface area (Å²) in [7, 11) is 1.65. The van der Waals surface area contributed by atoms with Crippen molar-refractivity contribution >= 4 is 44.2 Å². The Bertz CT molecular complexity index is 1200. The Morgan fingerprint density at radius 2 is 1.81 bits per heavy atom. The zero-order chi connectivity index (χ0) is 22.0. The van der Waals surface area contributed by atoms with Gasteiger partial charge in [-0.2, -0.15) is 0 Å². The number of carbonyl (C=O) groups is 1. The van der Waals surface area contributed by atoms with Crippen LogP contribution in [0.15, 0.2) is 60.7 Å². The van der Waals surface area contributed by atoms with Gasteiger partial charge in [0.1, 0.15) is 5.75 Å². The lowest BCUT2D eigenvalue weighted by Gasteiger charge is -2.20. The number of carbonyl (C=O) groups excluding carboxylic acids is 1. The van der Waals surface area contributed by atoms with Crippen LogP contribution in [-0.4, -0.2) is 18.0 Å². The van der Waals surface area contributed by atoms with Gasteiger partial charge in [0, 0.05) is 0 Å². The first-order chi connectivity index (χ1) is 15.0. The molecule has 0 aliphatic heterocycles. The molecule has 0 saturated heterocycles. The van der Waals surface area contributed by atoms with Gasteiger partial charge in [0.25, 0.3) is 0 Å². The SMILES string of the molecule is COc1ccc(CC(=O)N(Cc2ccccc2)c2nc3c(C)ccc(Cl)c3s2)cc1C. The molecule has 0 unspecified atom stereocenters. The number of fused-ring (bicyclic) bond motifs is 1. The molecule has 4 nitrogen and oxygen atoms in total. The summed E-state index contributed by atoms with van der Waals surface area (Å²) in [5.74, 6) is 0.801. The van der Waals surface area contributed by atoms with Crippen molar-refractivity contribution in [1.29, 1.82) is 0 Å². The molecule has 6 heteroatoms. The van der Waals surface area contributed by atoms with Gasteiger partial charge in [-0.25, -0.2) is 4.98 Å². The number of aryl methyl sites for hydroxylation is 2. The summed E-state index contributed by atoms with van der Waals surface area (Å²) < 4.78 is 6.25. The molecule has 0 radical (unpaired) electrons. The maximum atomic E-state index is 13.5. The molecule has 0 bridgehead atoms. The lowest BCUT2D eigenvalue weighted by atomic mass is 10.1. The van der Waals surface area contributed by atoms with Gasteiger partial charge in [-0.05, 0) is 48.2 Å². The number of rotatable bonds is 6. The number of thiazole rings is 1. The van der Waals surface area contributed by atoms with E-state index in [1.165, 1.54) is 11.3 Å². The van der Waals surface area contributed by atoms with Gasteiger partial charge in [0.2, 0.25) is 5.91 Å². The Morgan fingerprint density at radius 3 is 2.48 bits per heavy atom. The van der Waals surface area contributed by atoms with Crippen LogP contribution in [0.4, 0.5) is 5.13 Å². The lowest BCUT2D eigenvalue weighted by Crippen LogP contribution is -2.31.